The molecule has 1 amide bonds. The van der Waals surface area contributed by atoms with Crippen LogP contribution in [-0.4, -0.2) is 68.7 Å². The molecule has 0 saturated carbocycles. The number of benzene rings is 1. The lowest BCUT2D eigenvalue weighted by Gasteiger charge is -2.27. The minimum Gasteiger partial charge on any atom is -0.338 e. The fraction of sp³-hybridized carbons (Fsp3) is 0.474. The number of para-hydroxylation sites is 1. The molecule has 1 fully saturated rings. The predicted octanol–water partition coefficient (Wildman–Crippen LogP) is 2.10. The van der Waals surface area contributed by atoms with E-state index in [-0.39, 0.29) is 29.2 Å². The SMILES string of the molecule is CCCN(C(=O)CSc1nc2ccccc2c2nc(C)nn12)C1CCS(=O)(=O)C1. The molecule has 1 unspecified atom stereocenters. The van der Waals surface area contributed by atoms with Crippen LogP contribution >= 0.6 is 11.8 Å². The molecule has 3 heterocycles. The van der Waals surface area contributed by atoms with Crippen molar-refractivity contribution in [3.8, 4) is 0 Å². The predicted molar refractivity (Wildman–Crippen MR) is 113 cm³/mol. The highest BCUT2D eigenvalue weighted by Gasteiger charge is 2.34. The number of aryl methyl sites for hydroxylation is 1. The second-order valence-electron chi connectivity index (χ2n) is 7.24. The fourth-order valence-corrected chi connectivity index (χ4v) is 6.27. The van der Waals surface area contributed by atoms with Crippen molar-refractivity contribution in [2.45, 2.75) is 37.9 Å². The zero-order valence-corrected chi connectivity index (χ0v) is 18.0. The van der Waals surface area contributed by atoms with Crippen LogP contribution in [0.2, 0.25) is 0 Å². The molecule has 154 valence electrons. The molecule has 29 heavy (non-hydrogen) atoms. The topological polar surface area (TPSA) is 97.5 Å². The highest BCUT2D eigenvalue weighted by molar-refractivity contribution is 7.99. The minimum absolute atomic E-state index is 0.0597. The third kappa shape index (κ3) is 4.09. The summed E-state index contributed by atoms with van der Waals surface area (Å²) in [5.41, 5.74) is 1.52. The zero-order chi connectivity index (χ0) is 20.6. The second kappa shape index (κ2) is 7.91. The number of sulfone groups is 1. The summed E-state index contributed by atoms with van der Waals surface area (Å²) >= 11 is 1.31. The second-order valence-corrected chi connectivity index (χ2v) is 10.4. The largest absolute Gasteiger partial charge is 0.338 e. The molecule has 1 aliphatic heterocycles. The van der Waals surface area contributed by atoms with Crippen LogP contribution in [0.3, 0.4) is 0 Å². The van der Waals surface area contributed by atoms with Crippen LogP contribution in [0, 0.1) is 6.92 Å². The average Bonchev–Trinajstić information content (AvgIpc) is 3.25. The summed E-state index contributed by atoms with van der Waals surface area (Å²) in [6, 6.07) is 7.49. The van der Waals surface area contributed by atoms with Gasteiger partial charge in [-0.3, -0.25) is 4.79 Å². The summed E-state index contributed by atoms with van der Waals surface area (Å²) in [5.74, 6) is 0.961. The van der Waals surface area contributed by atoms with Crippen LogP contribution < -0.4 is 0 Å². The number of rotatable bonds is 6. The van der Waals surface area contributed by atoms with E-state index in [1.807, 2.05) is 38.1 Å². The van der Waals surface area contributed by atoms with Gasteiger partial charge in [0, 0.05) is 18.0 Å². The van der Waals surface area contributed by atoms with Gasteiger partial charge < -0.3 is 4.90 Å². The molecule has 0 aliphatic carbocycles. The lowest BCUT2D eigenvalue weighted by molar-refractivity contribution is -0.130. The fourth-order valence-electron chi connectivity index (χ4n) is 3.71. The first-order valence-electron chi connectivity index (χ1n) is 9.63. The number of fused-ring (bicyclic) bond motifs is 3. The Bertz CT molecular complexity index is 1180. The Morgan fingerprint density at radius 1 is 1.31 bits per heavy atom. The highest BCUT2D eigenvalue weighted by Crippen LogP contribution is 2.25. The molecule has 3 aromatic rings. The van der Waals surface area contributed by atoms with Gasteiger partial charge in [0.2, 0.25) is 5.91 Å². The van der Waals surface area contributed by atoms with Crippen molar-refractivity contribution < 1.29 is 13.2 Å². The van der Waals surface area contributed by atoms with Crippen LogP contribution in [0.4, 0.5) is 0 Å². The number of thioether (sulfide) groups is 1. The molecule has 1 saturated heterocycles. The van der Waals surface area contributed by atoms with Crippen molar-refractivity contribution in [2.24, 2.45) is 0 Å². The van der Waals surface area contributed by atoms with Crippen molar-refractivity contribution in [3.05, 3.63) is 30.1 Å². The Balaban J connectivity index is 1.58. The van der Waals surface area contributed by atoms with E-state index in [0.29, 0.717) is 23.9 Å². The van der Waals surface area contributed by atoms with Crippen molar-refractivity contribution in [3.63, 3.8) is 0 Å². The maximum absolute atomic E-state index is 12.9. The highest BCUT2D eigenvalue weighted by atomic mass is 32.2. The number of aromatic nitrogens is 4. The Kier molecular flexibility index (Phi) is 5.48. The van der Waals surface area contributed by atoms with E-state index in [1.165, 1.54) is 11.8 Å². The van der Waals surface area contributed by atoms with Crippen LogP contribution in [0.1, 0.15) is 25.6 Å². The van der Waals surface area contributed by atoms with Crippen LogP contribution in [0.5, 0.6) is 0 Å². The third-order valence-electron chi connectivity index (χ3n) is 5.01. The van der Waals surface area contributed by atoms with Crippen molar-refractivity contribution in [1.82, 2.24) is 24.5 Å². The molecule has 2 aromatic heterocycles. The van der Waals surface area contributed by atoms with Gasteiger partial charge in [0.1, 0.15) is 5.82 Å². The number of amides is 1. The molecular weight excluding hydrogens is 410 g/mol. The van der Waals surface area contributed by atoms with E-state index < -0.39 is 9.84 Å². The van der Waals surface area contributed by atoms with Gasteiger partial charge in [0.25, 0.3) is 0 Å². The van der Waals surface area contributed by atoms with Crippen molar-refractivity contribution >= 4 is 44.1 Å². The smallest absolute Gasteiger partial charge is 0.233 e. The molecule has 0 N–H and O–H groups in total. The Labute approximate surface area is 173 Å². The molecule has 1 atom stereocenters. The van der Waals surface area contributed by atoms with Crippen LogP contribution in [0.15, 0.2) is 29.4 Å². The summed E-state index contributed by atoms with van der Waals surface area (Å²) < 4.78 is 25.4. The number of carbonyl (C=O) groups is 1. The zero-order valence-electron chi connectivity index (χ0n) is 16.4. The molecule has 0 radical (unpaired) electrons. The minimum atomic E-state index is -3.05. The van der Waals surface area contributed by atoms with E-state index in [2.05, 4.69) is 15.1 Å². The average molecular weight is 434 g/mol. The first-order valence-corrected chi connectivity index (χ1v) is 12.4. The van der Waals surface area contributed by atoms with Crippen molar-refractivity contribution in [1.29, 1.82) is 0 Å². The van der Waals surface area contributed by atoms with E-state index in [4.69, 9.17) is 0 Å². The van der Waals surface area contributed by atoms with Crippen LogP contribution in [-0.2, 0) is 14.6 Å². The molecule has 1 aromatic carbocycles. The summed E-state index contributed by atoms with van der Waals surface area (Å²) in [4.78, 5) is 23.9. The van der Waals surface area contributed by atoms with E-state index >= 15 is 0 Å². The normalized spacial score (nSPS) is 18.5. The molecule has 4 rings (SSSR count). The summed E-state index contributed by atoms with van der Waals surface area (Å²) in [6.07, 6.45) is 1.30. The number of nitrogens with zero attached hydrogens (tertiary/aromatic N) is 5. The molecule has 0 spiro atoms. The number of hydrogen-bond donors (Lipinski definition) is 0. The Morgan fingerprint density at radius 2 is 2.10 bits per heavy atom. The van der Waals surface area contributed by atoms with Gasteiger partial charge in [0.15, 0.2) is 20.6 Å². The lowest BCUT2D eigenvalue weighted by atomic mass is 10.2. The van der Waals surface area contributed by atoms with Gasteiger partial charge in [-0.25, -0.2) is 18.4 Å². The molecule has 8 nitrogen and oxygen atoms in total. The summed E-state index contributed by atoms with van der Waals surface area (Å²) in [7, 11) is -3.05. The van der Waals surface area contributed by atoms with Gasteiger partial charge in [-0.05, 0) is 31.9 Å². The van der Waals surface area contributed by atoms with Crippen molar-refractivity contribution in [2.75, 3.05) is 23.8 Å². The maximum Gasteiger partial charge on any atom is 0.233 e. The monoisotopic (exact) mass is 433 g/mol. The van der Waals surface area contributed by atoms with E-state index in [1.54, 1.807) is 9.42 Å². The molecular formula is C19H23N5O3S2. The maximum atomic E-state index is 12.9. The Morgan fingerprint density at radius 3 is 2.83 bits per heavy atom. The molecule has 0 bridgehead atoms. The van der Waals surface area contributed by atoms with Gasteiger partial charge >= 0.3 is 0 Å². The summed E-state index contributed by atoms with van der Waals surface area (Å²) in [6.45, 7) is 4.37. The van der Waals surface area contributed by atoms with Crippen LogP contribution in [0.25, 0.3) is 16.6 Å². The number of carbonyl (C=O) groups excluding carboxylic acids is 1. The number of hydrogen-bond acceptors (Lipinski definition) is 7. The first kappa shape index (κ1) is 20.1. The van der Waals surface area contributed by atoms with Gasteiger partial charge in [0.05, 0.1) is 22.8 Å². The van der Waals surface area contributed by atoms with E-state index in [9.17, 15) is 13.2 Å². The first-order chi connectivity index (χ1) is 13.9. The van der Waals surface area contributed by atoms with E-state index in [0.717, 1.165) is 23.0 Å². The molecule has 10 heteroatoms. The standard InChI is InChI=1S/C19H23N5O3S2/c1-3-9-23(14-8-10-29(26,27)12-14)17(25)11-28-19-21-16-7-5-4-6-15(16)18-20-13(2)22-24(18)19/h4-7,14H,3,8-12H2,1-2H3. The third-order valence-corrected chi connectivity index (χ3v) is 7.68. The quantitative estimate of drug-likeness (QED) is 0.434. The van der Waals surface area contributed by atoms with Gasteiger partial charge in [-0.1, -0.05) is 30.8 Å². The summed E-state index contributed by atoms with van der Waals surface area (Å²) in [5, 5.41) is 5.95. The van der Waals surface area contributed by atoms with Gasteiger partial charge in [-0.2, -0.15) is 4.52 Å². The molecule has 1 aliphatic rings. The van der Waals surface area contributed by atoms with Gasteiger partial charge in [-0.15, -0.1) is 5.10 Å². The lowest BCUT2D eigenvalue weighted by Crippen LogP contribution is -2.42. The Hall–Kier alpha value is -2.20.